The van der Waals surface area contributed by atoms with Crippen LogP contribution in [0.2, 0.25) is 0 Å². The second-order valence-electron chi connectivity index (χ2n) is 5.20. The zero-order valence-corrected chi connectivity index (χ0v) is 10.6. The first-order valence-corrected chi connectivity index (χ1v) is 6.92. The molecule has 3 nitrogen and oxygen atoms in total. The van der Waals surface area contributed by atoms with Crippen molar-refractivity contribution in [3.63, 3.8) is 0 Å². The van der Waals surface area contributed by atoms with Crippen LogP contribution in [0.3, 0.4) is 0 Å². The van der Waals surface area contributed by atoms with Gasteiger partial charge in [-0.2, -0.15) is 0 Å². The molecule has 16 heavy (non-hydrogen) atoms. The second-order valence-corrected chi connectivity index (χ2v) is 5.20. The van der Waals surface area contributed by atoms with Crippen LogP contribution in [0.5, 0.6) is 0 Å². The summed E-state index contributed by atoms with van der Waals surface area (Å²) in [6.45, 7) is 9.15. The van der Waals surface area contributed by atoms with E-state index in [1.54, 1.807) is 0 Å². The molecule has 0 saturated carbocycles. The molecule has 0 bridgehead atoms. The van der Waals surface area contributed by atoms with Gasteiger partial charge in [-0.05, 0) is 57.8 Å². The van der Waals surface area contributed by atoms with Crippen LogP contribution < -0.4 is 5.32 Å². The number of nitrogens with one attached hydrogen (secondary N) is 1. The molecule has 1 N–H and O–H groups in total. The summed E-state index contributed by atoms with van der Waals surface area (Å²) < 4.78 is 5.46. The van der Waals surface area contributed by atoms with Crippen molar-refractivity contribution in [3.8, 4) is 0 Å². The van der Waals surface area contributed by atoms with Crippen LogP contribution in [0.4, 0.5) is 0 Å². The quantitative estimate of drug-likeness (QED) is 0.719. The Morgan fingerprint density at radius 3 is 2.69 bits per heavy atom. The Bertz CT molecular complexity index is 184. The molecule has 94 valence electrons. The molecule has 0 amide bonds. The fourth-order valence-electron chi connectivity index (χ4n) is 2.82. The van der Waals surface area contributed by atoms with Crippen LogP contribution in [-0.4, -0.2) is 50.3 Å². The Balaban J connectivity index is 1.62. The van der Waals surface area contributed by atoms with Gasteiger partial charge in [0.15, 0.2) is 0 Å². The molecule has 2 fully saturated rings. The Kier molecular flexibility index (Phi) is 5.07. The van der Waals surface area contributed by atoms with Crippen LogP contribution in [0.1, 0.15) is 32.6 Å². The molecule has 0 radical (unpaired) electrons. The zero-order chi connectivity index (χ0) is 11.2. The summed E-state index contributed by atoms with van der Waals surface area (Å²) in [5, 5.41) is 3.55. The van der Waals surface area contributed by atoms with Gasteiger partial charge in [0, 0.05) is 12.6 Å². The van der Waals surface area contributed by atoms with Crippen LogP contribution >= 0.6 is 0 Å². The van der Waals surface area contributed by atoms with Gasteiger partial charge in [0.25, 0.3) is 0 Å². The van der Waals surface area contributed by atoms with Crippen LogP contribution in [0.25, 0.3) is 0 Å². The lowest BCUT2D eigenvalue weighted by Gasteiger charge is -2.35. The first kappa shape index (κ1) is 12.3. The fraction of sp³-hybridized carbons (Fsp3) is 1.00. The van der Waals surface area contributed by atoms with E-state index < -0.39 is 0 Å². The number of likely N-dealkylation sites (tertiary alicyclic amines) is 1. The Morgan fingerprint density at radius 1 is 1.25 bits per heavy atom. The zero-order valence-electron chi connectivity index (χ0n) is 10.6. The maximum atomic E-state index is 5.46. The van der Waals surface area contributed by atoms with Gasteiger partial charge >= 0.3 is 0 Å². The summed E-state index contributed by atoms with van der Waals surface area (Å²) in [6, 6.07) is 0.726. The van der Waals surface area contributed by atoms with Gasteiger partial charge in [-0.25, -0.2) is 0 Å². The van der Waals surface area contributed by atoms with Crippen molar-refractivity contribution in [3.05, 3.63) is 0 Å². The fourth-order valence-corrected chi connectivity index (χ4v) is 2.82. The molecule has 0 spiro atoms. The largest absolute Gasteiger partial charge is 0.380 e. The van der Waals surface area contributed by atoms with E-state index in [0.29, 0.717) is 0 Å². The average Bonchev–Trinajstić information content (AvgIpc) is 2.84. The predicted octanol–water partition coefficient (Wildman–Crippen LogP) is 1.49. The SMILES string of the molecule is CCCNCC1CCN(C2CCOC2)CC1. The highest BCUT2D eigenvalue weighted by atomic mass is 16.5. The summed E-state index contributed by atoms with van der Waals surface area (Å²) in [6.07, 6.45) is 5.23. The van der Waals surface area contributed by atoms with Gasteiger partial charge in [-0.3, -0.25) is 4.90 Å². The number of ether oxygens (including phenoxy) is 1. The summed E-state index contributed by atoms with van der Waals surface area (Å²) in [5.74, 6) is 0.908. The molecule has 0 aromatic heterocycles. The lowest BCUT2D eigenvalue weighted by molar-refractivity contribution is 0.110. The van der Waals surface area contributed by atoms with Crippen molar-refractivity contribution in [1.29, 1.82) is 0 Å². The molecule has 2 aliphatic rings. The smallest absolute Gasteiger partial charge is 0.0622 e. The van der Waals surface area contributed by atoms with Gasteiger partial charge in [0.05, 0.1) is 6.61 Å². The Morgan fingerprint density at radius 2 is 2.06 bits per heavy atom. The van der Waals surface area contributed by atoms with Crippen LogP contribution in [0, 0.1) is 5.92 Å². The van der Waals surface area contributed by atoms with Crippen molar-refractivity contribution in [2.45, 2.75) is 38.6 Å². The predicted molar refractivity (Wildman–Crippen MR) is 66.7 cm³/mol. The van der Waals surface area contributed by atoms with Crippen molar-refractivity contribution in [2.75, 3.05) is 39.4 Å². The van der Waals surface area contributed by atoms with Gasteiger partial charge < -0.3 is 10.1 Å². The monoisotopic (exact) mass is 226 g/mol. The lowest BCUT2D eigenvalue weighted by Crippen LogP contribution is -2.43. The van der Waals surface area contributed by atoms with Crippen molar-refractivity contribution >= 4 is 0 Å². The minimum atomic E-state index is 0.726. The molecule has 0 aromatic carbocycles. The van der Waals surface area contributed by atoms with E-state index in [9.17, 15) is 0 Å². The minimum Gasteiger partial charge on any atom is -0.380 e. The van der Waals surface area contributed by atoms with Gasteiger partial charge in [0.1, 0.15) is 0 Å². The highest BCUT2D eigenvalue weighted by Gasteiger charge is 2.27. The number of nitrogens with zero attached hydrogens (tertiary/aromatic N) is 1. The van der Waals surface area contributed by atoms with Crippen molar-refractivity contribution in [2.24, 2.45) is 5.92 Å². The number of rotatable bonds is 5. The maximum absolute atomic E-state index is 5.46. The summed E-state index contributed by atoms with van der Waals surface area (Å²) >= 11 is 0. The van der Waals surface area contributed by atoms with Crippen molar-refractivity contribution < 1.29 is 4.74 Å². The first-order chi connectivity index (χ1) is 7.90. The van der Waals surface area contributed by atoms with Crippen LogP contribution in [-0.2, 0) is 4.74 Å². The molecule has 0 aromatic rings. The first-order valence-electron chi connectivity index (χ1n) is 6.92. The minimum absolute atomic E-state index is 0.726. The molecule has 2 rings (SSSR count). The summed E-state index contributed by atoms with van der Waals surface area (Å²) in [4.78, 5) is 2.64. The molecular formula is C13H26N2O. The molecule has 0 aliphatic carbocycles. The highest BCUT2D eigenvalue weighted by Crippen LogP contribution is 2.21. The van der Waals surface area contributed by atoms with Gasteiger partial charge in [-0.1, -0.05) is 6.92 Å². The molecular weight excluding hydrogens is 200 g/mol. The summed E-state index contributed by atoms with van der Waals surface area (Å²) in [7, 11) is 0. The van der Waals surface area contributed by atoms with Crippen LogP contribution in [0.15, 0.2) is 0 Å². The van der Waals surface area contributed by atoms with E-state index in [-0.39, 0.29) is 0 Å². The third-order valence-corrected chi connectivity index (χ3v) is 3.93. The number of piperidine rings is 1. The second kappa shape index (κ2) is 6.58. The lowest BCUT2D eigenvalue weighted by atomic mass is 9.95. The van der Waals surface area contributed by atoms with Crippen molar-refractivity contribution in [1.82, 2.24) is 10.2 Å². The Labute approximate surface area is 99.5 Å². The topological polar surface area (TPSA) is 24.5 Å². The summed E-state index contributed by atoms with van der Waals surface area (Å²) in [5.41, 5.74) is 0. The Hall–Kier alpha value is -0.120. The van der Waals surface area contributed by atoms with Gasteiger partial charge in [-0.15, -0.1) is 0 Å². The number of hydrogen-bond acceptors (Lipinski definition) is 3. The van der Waals surface area contributed by atoms with E-state index in [2.05, 4.69) is 17.1 Å². The average molecular weight is 226 g/mol. The molecule has 2 aliphatic heterocycles. The van der Waals surface area contributed by atoms with E-state index in [1.807, 2.05) is 0 Å². The van der Waals surface area contributed by atoms with E-state index in [0.717, 1.165) is 25.2 Å². The van der Waals surface area contributed by atoms with E-state index in [4.69, 9.17) is 4.74 Å². The molecule has 2 saturated heterocycles. The molecule has 1 atom stereocenters. The molecule has 2 heterocycles. The molecule has 1 unspecified atom stereocenters. The third-order valence-electron chi connectivity index (χ3n) is 3.93. The van der Waals surface area contributed by atoms with E-state index in [1.165, 1.54) is 51.9 Å². The molecule has 3 heteroatoms. The maximum Gasteiger partial charge on any atom is 0.0622 e. The number of hydrogen-bond donors (Lipinski definition) is 1. The highest BCUT2D eigenvalue weighted by molar-refractivity contribution is 4.81. The van der Waals surface area contributed by atoms with E-state index >= 15 is 0 Å². The normalized spacial score (nSPS) is 28.7. The van der Waals surface area contributed by atoms with Gasteiger partial charge in [0.2, 0.25) is 0 Å². The standard InChI is InChI=1S/C13H26N2O/c1-2-6-14-10-12-3-7-15(8-4-12)13-5-9-16-11-13/h12-14H,2-11H2,1H3. The third kappa shape index (κ3) is 3.44.